The van der Waals surface area contributed by atoms with Gasteiger partial charge in [-0.15, -0.1) is 0 Å². The molecule has 150 valence electrons. The molecular formula is C28H20O2S. The van der Waals surface area contributed by atoms with Crippen LogP contribution in [0.4, 0.5) is 0 Å². The van der Waals surface area contributed by atoms with E-state index in [0.717, 1.165) is 44.2 Å². The summed E-state index contributed by atoms with van der Waals surface area (Å²) in [6, 6.07) is 28.6. The average molecular weight is 421 g/mol. The summed E-state index contributed by atoms with van der Waals surface area (Å²) >= 11 is 0. The van der Waals surface area contributed by atoms with E-state index < -0.39 is 20.3 Å². The van der Waals surface area contributed by atoms with Gasteiger partial charge in [0.05, 0.1) is 0 Å². The summed E-state index contributed by atoms with van der Waals surface area (Å²) in [6.07, 6.45) is 7.43. The molecule has 0 saturated heterocycles. The van der Waals surface area contributed by atoms with E-state index in [9.17, 15) is 8.42 Å². The maximum atomic E-state index is 13.7. The number of fused-ring (bicyclic) bond motifs is 6. The van der Waals surface area contributed by atoms with Crippen molar-refractivity contribution in [1.29, 1.82) is 0 Å². The Balaban J connectivity index is 1.88. The van der Waals surface area contributed by atoms with E-state index >= 15 is 0 Å². The molecule has 2 bridgehead atoms. The van der Waals surface area contributed by atoms with Crippen LogP contribution in [0.1, 0.15) is 21.6 Å². The van der Waals surface area contributed by atoms with E-state index in [4.69, 9.17) is 0 Å². The second kappa shape index (κ2) is 6.79. The van der Waals surface area contributed by atoms with Gasteiger partial charge in [0.25, 0.3) is 0 Å². The molecule has 2 heterocycles. The molecule has 0 amide bonds. The van der Waals surface area contributed by atoms with Crippen molar-refractivity contribution in [3.8, 4) is 22.3 Å². The van der Waals surface area contributed by atoms with Gasteiger partial charge in [0.1, 0.15) is 10.5 Å². The fourth-order valence-electron chi connectivity index (χ4n) is 5.13. The fourth-order valence-corrected chi connectivity index (χ4v) is 7.21. The third kappa shape index (κ3) is 2.60. The zero-order valence-corrected chi connectivity index (χ0v) is 17.6. The second-order valence-electron chi connectivity index (χ2n) is 8.06. The van der Waals surface area contributed by atoms with Crippen LogP contribution in [0.3, 0.4) is 0 Å². The summed E-state index contributed by atoms with van der Waals surface area (Å²) in [5, 5.41) is 0.879. The van der Waals surface area contributed by atoms with E-state index in [2.05, 4.69) is 36.4 Å². The van der Waals surface area contributed by atoms with Gasteiger partial charge in [-0.2, -0.15) is 0 Å². The molecule has 2 aliphatic heterocycles. The molecule has 0 radical (unpaired) electrons. The smallest absolute Gasteiger partial charge is 0.171 e. The molecule has 4 aromatic carbocycles. The first-order valence-electron chi connectivity index (χ1n) is 10.4. The van der Waals surface area contributed by atoms with Crippen molar-refractivity contribution in [3.63, 3.8) is 0 Å². The predicted molar refractivity (Wildman–Crippen MR) is 128 cm³/mol. The third-order valence-corrected chi connectivity index (χ3v) is 8.58. The van der Waals surface area contributed by atoms with E-state index in [-0.39, 0.29) is 0 Å². The summed E-state index contributed by atoms with van der Waals surface area (Å²) in [7, 11) is -3.44. The van der Waals surface area contributed by atoms with E-state index in [0.29, 0.717) is 0 Å². The van der Waals surface area contributed by atoms with Crippen LogP contribution >= 0.6 is 0 Å². The number of hydrogen-bond acceptors (Lipinski definition) is 2. The first-order chi connectivity index (χ1) is 15.2. The van der Waals surface area contributed by atoms with Crippen LogP contribution in [0, 0.1) is 0 Å². The van der Waals surface area contributed by atoms with Gasteiger partial charge in [-0.1, -0.05) is 109 Å². The van der Waals surface area contributed by atoms with Gasteiger partial charge in [-0.05, 0) is 44.2 Å². The third-order valence-electron chi connectivity index (χ3n) is 6.38. The molecule has 0 unspecified atom stereocenters. The SMILES string of the molecule is O=S1(=O)[C@@H]2C=CC=C[C@@H]1c1c2c(-c2ccccc2)c2ccccc2c1-c1ccccc1. The lowest BCUT2D eigenvalue weighted by atomic mass is 9.81. The van der Waals surface area contributed by atoms with Gasteiger partial charge in [-0.3, -0.25) is 0 Å². The molecule has 3 heteroatoms. The lowest BCUT2D eigenvalue weighted by molar-refractivity contribution is 0.590. The van der Waals surface area contributed by atoms with Gasteiger partial charge in [0.15, 0.2) is 9.84 Å². The standard InChI is InChI=1S/C28H20O2S/c29-31(30)23-17-9-10-18-24(31)28-26(20-13-5-2-6-14-20)22-16-8-7-15-21(22)25(27(23)28)19-11-3-1-4-12-19/h1-18,23-24H/t23-,24-/m1/s1. The Bertz CT molecular complexity index is 1370. The highest BCUT2D eigenvalue weighted by Crippen LogP contribution is 2.57. The summed E-state index contributed by atoms with van der Waals surface area (Å²) in [6.45, 7) is 0. The Kier molecular flexibility index (Phi) is 4.02. The molecular weight excluding hydrogens is 400 g/mol. The van der Waals surface area contributed by atoms with Crippen LogP contribution in [-0.2, 0) is 9.84 Å². The average Bonchev–Trinajstić information content (AvgIpc) is 2.90. The minimum Gasteiger partial charge on any atom is -0.227 e. The van der Waals surface area contributed by atoms with Crippen LogP contribution in [-0.4, -0.2) is 8.42 Å². The Labute approximate surface area is 182 Å². The van der Waals surface area contributed by atoms with Crippen LogP contribution < -0.4 is 0 Å². The van der Waals surface area contributed by atoms with E-state index in [1.807, 2.05) is 72.8 Å². The number of allylic oxidation sites excluding steroid dienone is 2. The number of benzene rings is 4. The van der Waals surface area contributed by atoms with Crippen LogP contribution in [0.15, 0.2) is 109 Å². The lowest BCUT2D eigenvalue weighted by Gasteiger charge is -2.21. The minimum atomic E-state index is -3.44. The van der Waals surface area contributed by atoms with Crippen LogP contribution in [0.2, 0.25) is 0 Å². The summed E-state index contributed by atoms with van der Waals surface area (Å²) in [4.78, 5) is 0. The Hall–Kier alpha value is -3.43. The number of rotatable bonds is 2. The molecule has 0 aliphatic carbocycles. The molecule has 2 nitrogen and oxygen atoms in total. The van der Waals surface area contributed by atoms with Crippen molar-refractivity contribution in [3.05, 3.63) is 120 Å². The number of sulfone groups is 1. The predicted octanol–water partition coefficient (Wildman–Crippen LogP) is 6.81. The molecule has 2 atom stereocenters. The highest BCUT2D eigenvalue weighted by molar-refractivity contribution is 7.92. The first-order valence-corrected chi connectivity index (χ1v) is 12.1. The second-order valence-corrected chi connectivity index (χ2v) is 10.2. The first kappa shape index (κ1) is 18.3. The van der Waals surface area contributed by atoms with Gasteiger partial charge in [0, 0.05) is 0 Å². The molecule has 0 fully saturated rings. The topological polar surface area (TPSA) is 34.1 Å². The van der Waals surface area contributed by atoms with E-state index in [1.165, 1.54) is 0 Å². The normalized spacial score (nSPS) is 20.5. The summed E-state index contributed by atoms with van der Waals surface area (Å²) < 4.78 is 27.4. The zero-order chi connectivity index (χ0) is 21.0. The van der Waals surface area contributed by atoms with Crippen molar-refractivity contribution in [2.24, 2.45) is 0 Å². The summed E-state index contributed by atoms with van der Waals surface area (Å²) in [5.41, 5.74) is 6.01. The maximum absolute atomic E-state index is 13.7. The Morgan fingerprint density at radius 3 is 1.32 bits per heavy atom. The highest BCUT2D eigenvalue weighted by Gasteiger charge is 2.47. The number of hydrogen-bond donors (Lipinski definition) is 0. The summed E-state index contributed by atoms with van der Waals surface area (Å²) in [5.74, 6) is 0. The van der Waals surface area contributed by atoms with Crippen LogP contribution in [0.5, 0.6) is 0 Å². The van der Waals surface area contributed by atoms with Crippen molar-refractivity contribution in [2.45, 2.75) is 10.5 Å². The molecule has 0 aromatic heterocycles. The monoisotopic (exact) mass is 420 g/mol. The van der Waals surface area contributed by atoms with Crippen molar-refractivity contribution in [2.75, 3.05) is 0 Å². The van der Waals surface area contributed by atoms with E-state index in [1.54, 1.807) is 0 Å². The fraction of sp³-hybridized carbons (Fsp3) is 0.0714. The Morgan fingerprint density at radius 2 is 0.903 bits per heavy atom. The van der Waals surface area contributed by atoms with Crippen molar-refractivity contribution in [1.82, 2.24) is 0 Å². The van der Waals surface area contributed by atoms with Gasteiger partial charge < -0.3 is 0 Å². The van der Waals surface area contributed by atoms with Crippen LogP contribution in [0.25, 0.3) is 33.0 Å². The maximum Gasteiger partial charge on any atom is 0.171 e. The molecule has 31 heavy (non-hydrogen) atoms. The van der Waals surface area contributed by atoms with Crippen molar-refractivity contribution < 1.29 is 8.42 Å². The Morgan fingerprint density at radius 1 is 0.516 bits per heavy atom. The molecule has 0 spiro atoms. The molecule has 4 aromatic rings. The zero-order valence-electron chi connectivity index (χ0n) is 16.8. The van der Waals surface area contributed by atoms with Crippen molar-refractivity contribution >= 4 is 20.6 Å². The lowest BCUT2D eigenvalue weighted by Crippen LogP contribution is -2.08. The largest absolute Gasteiger partial charge is 0.227 e. The molecule has 0 saturated carbocycles. The minimum absolute atomic E-state index is 0.648. The molecule has 6 rings (SSSR count). The van der Waals surface area contributed by atoms with Gasteiger partial charge in [0.2, 0.25) is 0 Å². The quantitative estimate of drug-likeness (QED) is 0.357. The van der Waals surface area contributed by atoms with Gasteiger partial charge in [-0.25, -0.2) is 8.42 Å². The highest BCUT2D eigenvalue weighted by atomic mass is 32.2. The van der Waals surface area contributed by atoms with Gasteiger partial charge >= 0.3 is 0 Å². The molecule has 2 aliphatic rings. The molecule has 0 N–H and O–H groups in total.